The topological polar surface area (TPSA) is 101 Å². The zero-order valence-electron chi connectivity index (χ0n) is 14.4. The zero-order valence-corrected chi connectivity index (χ0v) is 16.7. The molecule has 7 nitrogen and oxygen atoms in total. The molecule has 0 aromatic carbocycles. The molecule has 0 aliphatic carbocycles. The summed E-state index contributed by atoms with van der Waals surface area (Å²) in [4.78, 5) is 16.2. The van der Waals surface area contributed by atoms with Gasteiger partial charge in [0.25, 0.3) is 5.91 Å². The third-order valence-electron chi connectivity index (χ3n) is 3.93. The number of aromatic nitrogens is 2. The molecule has 0 saturated carbocycles. The Hall–Kier alpha value is -1.61. The van der Waals surface area contributed by atoms with E-state index in [2.05, 4.69) is 10.3 Å². The van der Waals surface area contributed by atoms with E-state index in [-0.39, 0.29) is 26.5 Å². The second-order valence-electron chi connectivity index (χ2n) is 6.09. The van der Waals surface area contributed by atoms with Crippen molar-refractivity contribution in [2.45, 2.75) is 24.8 Å². The van der Waals surface area contributed by atoms with E-state index in [9.17, 15) is 18.3 Å². The third kappa shape index (κ3) is 4.56. The van der Waals surface area contributed by atoms with Gasteiger partial charge in [0, 0.05) is 25.1 Å². The highest BCUT2D eigenvalue weighted by atomic mass is 35.5. The van der Waals surface area contributed by atoms with E-state index in [1.807, 2.05) is 0 Å². The normalized spacial score (nSPS) is 14.1. The standard InChI is InChI=1S/C16H19Cl2N3O4S/c1-9(10(2)22)8-26(24,25)12-7-21(3)15(14(12)18)16(23)20-11-4-5-19-13(17)6-11/h4-7,9-10,22H,8H2,1-3H3,(H,19,20,23). The largest absolute Gasteiger partial charge is 0.393 e. The fourth-order valence-electron chi connectivity index (χ4n) is 2.29. The molecular formula is C16H19Cl2N3O4S. The molecule has 0 fully saturated rings. The van der Waals surface area contributed by atoms with Crippen LogP contribution in [0.5, 0.6) is 0 Å². The van der Waals surface area contributed by atoms with E-state index in [0.29, 0.717) is 5.69 Å². The van der Waals surface area contributed by atoms with Crippen LogP contribution in [0.15, 0.2) is 29.4 Å². The molecule has 2 atom stereocenters. The van der Waals surface area contributed by atoms with Crippen molar-refractivity contribution in [1.29, 1.82) is 0 Å². The SMILES string of the molecule is CC(O)C(C)CS(=O)(=O)c1cn(C)c(C(=O)Nc2ccnc(Cl)c2)c1Cl. The van der Waals surface area contributed by atoms with Crippen molar-refractivity contribution in [3.05, 3.63) is 40.4 Å². The number of hydrogen-bond acceptors (Lipinski definition) is 5. The van der Waals surface area contributed by atoms with Gasteiger partial charge in [0.15, 0.2) is 9.84 Å². The number of pyridine rings is 1. The number of aryl methyl sites for hydroxylation is 1. The minimum atomic E-state index is -3.77. The van der Waals surface area contributed by atoms with Crippen LogP contribution >= 0.6 is 23.2 Å². The maximum Gasteiger partial charge on any atom is 0.273 e. The lowest BCUT2D eigenvalue weighted by molar-refractivity contribution is 0.101. The van der Waals surface area contributed by atoms with E-state index in [1.54, 1.807) is 13.0 Å². The highest BCUT2D eigenvalue weighted by molar-refractivity contribution is 7.91. The van der Waals surface area contributed by atoms with Crippen LogP contribution in [0.2, 0.25) is 10.2 Å². The molecule has 2 aromatic heterocycles. The molecule has 0 aliphatic heterocycles. The van der Waals surface area contributed by atoms with Crippen LogP contribution in [0.3, 0.4) is 0 Å². The smallest absolute Gasteiger partial charge is 0.273 e. The summed E-state index contributed by atoms with van der Waals surface area (Å²) in [6, 6.07) is 3.00. The van der Waals surface area contributed by atoms with E-state index in [1.165, 1.54) is 37.0 Å². The predicted molar refractivity (Wildman–Crippen MR) is 101 cm³/mol. The number of nitrogens with zero attached hydrogens (tertiary/aromatic N) is 2. The van der Waals surface area contributed by atoms with Gasteiger partial charge in [-0.15, -0.1) is 0 Å². The third-order valence-corrected chi connectivity index (χ3v) is 6.57. The molecular weight excluding hydrogens is 401 g/mol. The van der Waals surface area contributed by atoms with Gasteiger partial charge in [0.2, 0.25) is 0 Å². The quantitative estimate of drug-likeness (QED) is 0.700. The van der Waals surface area contributed by atoms with Crippen LogP contribution in [0, 0.1) is 5.92 Å². The molecule has 0 radical (unpaired) electrons. The van der Waals surface area contributed by atoms with Gasteiger partial charge in [-0.3, -0.25) is 4.79 Å². The number of carbonyl (C=O) groups excluding carboxylic acids is 1. The number of anilines is 1. The van der Waals surface area contributed by atoms with Crippen LogP contribution in [0.4, 0.5) is 5.69 Å². The van der Waals surface area contributed by atoms with Crippen molar-refractivity contribution in [3.63, 3.8) is 0 Å². The summed E-state index contributed by atoms with van der Waals surface area (Å²) in [6.45, 7) is 3.14. The highest BCUT2D eigenvalue weighted by Gasteiger charge is 2.29. The van der Waals surface area contributed by atoms with Gasteiger partial charge in [-0.2, -0.15) is 0 Å². The van der Waals surface area contributed by atoms with E-state index in [0.717, 1.165) is 0 Å². The Morgan fingerprint density at radius 3 is 2.62 bits per heavy atom. The summed E-state index contributed by atoms with van der Waals surface area (Å²) >= 11 is 12.0. The van der Waals surface area contributed by atoms with Gasteiger partial charge >= 0.3 is 0 Å². The number of aliphatic hydroxyl groups is 1. The van der Waals surface area contributed by atoms with Gasteiger partial charge in [0.1, 0.15) is 15.7 Å². The molecule has 0 aliphatic rings. The molecule has 2 aromatic rings. The molecule has 2 unspecified atom stereocenters. The Kier molecular flexibility index (Phi) is 6.33. The van der Waals surface area contributed by atoms with Crippen molar-refractivity contribution in [2.75, 3.05) is 11.1 Å². The lowest BCUT2D eigenvalue weighted by Crippen LogP contribution is -2.23. The lowest BCUT2D eigenvalue weighted by Gasteiger charge is -2.14. The summed E-state index contributed by atoms with van der Waals surface area (Å²) in [5.41, 5.74) is 0.405. The molecule has 26 heavy (non-hydrogen) atoms. The van der Waals surface area contributed by atoms with Gasteiger partial charge in [-0.05, 0) is 25.0 Å². The Morgan fingerprint density at radius 1 is 1.38 bits per heavy atom. The first-order valence-corrected chi connectivity index (χ1v) is 10.1. The Balaban J connectivity index is 2.33. The number of rotatable bonds is 6. The van der Waals surface area contributed by atoms with Crippen LogP contribution in [0.1, 0.15) is 24.3 Å². The maximum absolute atomic E-state index is 12.6. The summed E-state index contributed by atoms with van der Waals surface area (Å²) in [5.74, 6) is -1.34. The van der Waals surface area contributed by atoms with Gasteiger partial charge in [-0.1, -0.05) is 30.1 Å². The molecule has 2 heterocycles. The number of aliphatic hydroxyl groups excluding tert-OH is 1. The van der Waals surface area contributed by atoms with Gasteiger partial charge < -0.3 is 15.0 Å². The maximum atomic E-state index is 12.6. The molecule has 142 valence electrons. The zero-order chi connectivity index (χ0) is 19.6. The van der Waals surface area contributed by atoms with Crippen LogP contribution in [-0.4, -0.2) is 40.8 Å². The van der Waals surface area contributed by atoms with Crippen LogP contribution in [0.25, 0.3) is 0 Å². The second-order valence-corrected chi connectivity index (χ2v) is 8.86. The molecule has 0 spiro atoms. The summed E-state index contributed by atoms with van der Waals surface area (Å²) in [6.07, 6.45) is 1.94. The number of nitrogens with one attached hydrogen (secondary N) is 1. The summed E-state index contributed by atoms with van der Waals surface area (Å²) < 4.78 is 26.5. The van der Waals surface area contributed by atoms with Crippen molar-refractivity contribution >= 4 is 44.6 Å². The molecule has 1 amide bonds. The summed E-state index contributed by atoms with van der Waals surface area (Å²) in [7, 11) is -2.25. The van der Waals surface area contributed by atoms with Crippen LogP contribution < -0.4 is 5.32 Å². The average Bonchev–Trinajstić information content (AvgIpc) is 2.82. The van der Waals surface area contributed by atoms with E-state index < -0.39 is 27.8 Å². The monoisotopic (exact) mass is 419 g/mol. The molecule has 0 saturated heterocycles. The first-order chi connectivity index (χ1) is 12.0. The number of amides is 1. The number of halogens is 2. The predicted octanol–water partition coefficient (Wildman–Crippen LogP) is 2.77. The first kappa shape index (κ1) is 20.7. The number of sulfone groups is 1. The number of carbonyl (C=O) groups is 1. The Bertz CT molecular complexity index is 926. The number of hydrogen-bond donors (Lipinski definition) is 2. The van der Waals surface area contributed by atoms with Crippen molar-refractivity contribution in [2.24, 2.45) is 13.0 Å². The van der Waals surface area contributed by atoms with Gasteiger partial charge in [-0.25, -0.2) is 13.4 Å². The second kappa shape index (κ2) is 7.96. The van der Waals surface area contributed by atoms with E-state index in [4.69, 9.17) is 23.2 Å². The fourth-order valence-corrected chi connectivity index (χ4v) is 4.92. The van der Waals surface area contributed by atoms with Crippen molar-refractivity contribution in [3.8, 4) is 0 Å². The van der Waals surface area contributed by atoms with Crippen molar-refractivity contribution in [1.82, 2.24) is 9.55 Å². The van der Waals surface area contributed by atoms with Gasteiger partial charge in [0.05, 0.1) is 16.9 Å². The Labute approximate surface area is 161 Å². The Morgan fingerprint density at radius 2 is 2.04 bits per heavy atom. The van der Waals surface area contributed by atoms with Crippen LogP contribution in [-0.2, 0) is 16.9 Å². The summed E-state index contributed by atoms with van der Waals surface area (Å²) in [5, 5.41) is 12.2. The van der Waals surface area contributed by atoms with E-state index >= 15 is 0 Å². The molecule has 10 heteroatoms. The molecule has 2 N–H and O–H groups in total. The average molecular weight is 420 g/mol. The minimum absolute atomic E-state index is 0.00266. The highest BCUT2D eigenvalue weighted by Crippen LogP contribution is 2.30. The van der Waals surface area contributed by atoms with Crippen molar-refractivity contribution < 1.29 is 18.3 Å². The fraction of sp³-hybridized carbons (Fsp3) is 0.375. The minimum Gasteiger partial charge on any atom is -0.393 e. The molecule has 2 rings (SSSR count). The molecule has 0 bridgehead atoms. The first-order valence-electron chi connectivity index (χ1n) is 7.71. The lowest BCUT2D eigenvalue weighted by atomic mass is 10.1.